The van der Waals surface area contributed by atoms with Crippen molar-refractivity contribution in [1.82, 2.24) is 15.2 Å². The molecule has 0 bridgehead atoms. The lowest BCUT2D eigenvalue weighted by Gasteiger charge is -2.21. The second-order valence-electron chi connectivity index (χ2n) is 7.28. The molecule has 10 heteroatoms. The van der Waals surface area contributed by atoms with E-state index in [2.05, 4.69) is 22.5 Å². The minimum Gasteiger partial charge on any atom is -0.356 e. The lowest BCUT2D eigenvalue weighted by atomic mass is 10.2. The molecule has 1 heterocycles. The molecule has 2 rings (SSSR count). The van der Waals surface area contributed by atoms with Crippen molar-refractivity contribution in [2.75, 3.05) is 25.0 Å². The zero-order valence-electron chi connectivity index (χ0n) is 18.2. The molecule has 0 aliphatic heterocycles. The van der Waals surface area contributed by atoms with Crippen molar-refractivity contribution in [2.45, 2.75) is 46.0 Å². The molecule has 0 saturated heterocycles. The summed E-state index contributed by atoms with van der Waals surface area (Å²) < 4.78 is 0. The first-order valence-electron chi connectivity index (χ1n) is 10.6. The van der Waals surface area contributed by atoms with Crippen LogP contribution in [0.15, 0.2) is 23.6 Å². The van der Waals surface area contributed by atoms with E-state index < -0.39 is 0 Å². The van der Waals surface area contributed by atoms with Gasteiger partial charge in [0.25, 0.3) is 5.91 Å². The number of thiazole rings is 1. The molecule has 1 aromatic heterocycles. The van der Waals surface area contributed by atoms with Crippen molar-refractivity contribution in [3.8, 4) is 0 Å². The number of nitrogens with zero attached hydrogens (tertiary/aromatic N) is 2. The van der Waals surface area contributed by atoms with Crippen LogP contribution in [0.2, 0.25) is 10.0 Å². The fourth-order valence-electron chi connectivity index (χ4n) is 2.94. The number of rotatable bonds is 12. The zero-order chi connectivity index (χ0) is 23.5. The molecule has 2 aromatic rings. The van der Waals surface area contributed by atoms with Crippen molar-refractivity contribution in [1.29, 1.82) is 0 Å². The molecule has 1 aromatic carbocycles. The Bertz CT molecular complexity index is 936. The van der Waals surface area contributed by atoms with E-state index in [1.54, 1.807) is 17.5 Å². The maximum Gasteiger partial charge on any atom is 0.254 e. The molecule has 2 N–H and O–H groups in total. The van der Waals surface area contributed by atoms with E-state index in [1.165, 1.54) is 22.3 Å². The molecule has 174 valence electrons. The van der Waals surface area contributed by atoms with Crippen LogP contribution in [-0.4, -0.2) is 47.2 Å². The zero-order valence-corrected chi connectivity index (χ0v) is 20.6. The van der Waals surface area contributed by atoms with Crippen molar-refractivity contribution in [3.05, 3.63) is 44.9 Å². The summed E-state index contributed by atoms with van der Waals surface area (Å²) in [7, 11) is 0. The van der Waals surface area contributed by atoms with Crippen molar-refractivity contribution < 1.29 is 14.4 Å². The highest BCUT2D eigenvalue weighted by atomic mass is 35.5. The van der Waals surface area contributed by atoms with Gasteiger partial charge in [0.1, 0.15) is 6.54 Å². The van der Waals surface area contributed by atoms with Crippen LogP contribution >= 0.6 is 34.5 Å². The summed E-state index contributed by atoms with van der Waals surface area (Å²) in [6, 6.07) is 4.63. The Morgan fingerprint density at radius 2 is 1.84 bits per heavy atom. The average Bonchev–Trinajstić information content (AvgIpc) is 3.18. The fraction of sp³-hybridized carbons (Fsp3) is 0.455. The second-order valence-corrected chi connectivity index (χ2v) is 8.95. The molecule has 0 unspecified atom stereocenters. The van der Waals surface area contributed by atoms with Crippen LogP contribution in [0.25, 0.3) is 0 Å². The Morgan fingerprint density at radius 3 is 2.53 bits per heavy atom. The minimum atomic E-state index is -0.364. The van der Waals surface area contributed by atoms with Crippen molar-refractivity contribution in [2.24, 2.45) is 0 Å². The predicted molar refractivity (Wildman–Crippen MR) is 130 cm³/mol. The minimum absolute atomic E-state index is 0.0920. The molecule has 0 atom stereocenters. The highest BCUT2D eigenvalue weighted by molar-refractivity contribution is 7.13. The predicted octanol–water partition coefficient (Wildman–Crippen LogP) is 4.79. The molecule has 0 spiro atoms. The van der Waals surface area contributed by atoms with Gasteiger partial charge >= 0.3 is 0 Å². The van der Waals surface area contributed by atoms with Crippen LogP contribution in [0.5, 0.6) is 0 Å². The highest BCUT2D eigenvalue weighted by Gasteiger charge is 2.20. The highest BCUT2D eigenvalue weighted by Crippen LogP contribution is 2.23. The Kier molecular flexibility index (Phi) is 10.9. The van der Waals surface area contributed by atoms with Crippen molar-refractivity contribution in [3.63, 3.8) is 0 Å². The Morgan fingerprint density at radius 1 is 1.06 bits per heavy atom. The maximum atomic E-state index is 12.8. The summed E-state index contributed by atoms with van der Waals surface area (Å²) in [4.78, 5) is 43.1. The van der Waals surface area contributed by atoms with Crippen LogP contribution in [0.1, 0.15) is 55.6 Å². The molecule has 0 radical (unpaired) electrons. The number of nitrogens with one attached hydrogen (secondary N) is 2. The summed E-state index contributed by atoms with van der Waals surface area (Å²) in [6.07, 6.45) is 3.98. The van der Waals surface area contributed by atoms with E-state index in [9.17, 15) is 14.4 Å². The summed E-state index contributed by atoms with van der Waals surface area (Å²) in [6.45, 7) is 4.97. The quantitative estimate of drug-likeness (QED) is 0.411. The van der Waals surface area contributed by atoms with Gasteiger partial charge < -0.3 is 15.5 Å². The van der Waals surface area contributed by atoms with Gasteiger partial charge in [0.15, 0.2) is 5.13 Å². The molecular weight excluding hydrogens is 471 g/mol. The number of hydrogen-bond acceptors (Lipinski definition) is 5. The van der Waals surface area contributed by atoms with Crippen LogP contribution in [0, 0.1) is 0 Å². The molecule has 0 saturated carbocycles. The molecule has 3 amide bonds. The molecule has 0 fully saturated rings. The third kappa shape index (κ3) is 8.41. The molecular formula is C22H28Cl2N4O3S. The smallest absolute Gasteiger partial charge is 0.254 e. The van der Waals surface area contributed by atoms with Crippen molar-refractivity contribution >= 4 is 57.4 Å². The molecule has 32 heavy (non-hydrogen) atoms. The number of benzene rings is 1. The largest absolute Gasteiger partial charge is 0.356 e. The van der Waals surface area contributed by atoms with Gasteiger partial charge in [0.05, 0.1) is 22.2 Å². The van der Waals surface area contributed by atoms with Gasteiger partial charge in [-0.1, -0.05) is 49.9 Å². The van der Waals surface area contributed by atoms with E-state index in [-0.39, 0.29) is 35.7 Å². The van der Waals surface area contributed by atoms with E-state index in [1.807, 2.05) is 6.92 Å². The number of hydrogen-bond donors (Lipinski definition) is 2. The molecule has 0 aliphatic rings. The Balaban J connectivity index is 1.91. The maximum absolute atomic E-state index is 12.8. The number of halogens is 2. The Hall–Kier alpha value is -2.16. The van der Waals surface area contributed by atoms with Gasteiger partial charge in [-0.25, -0.2) is 4.98 Å². The van der Waals surface area contributed by atoms with Gasteiger partial charge in [-0.05, 0) is 31.0 Å². The lowest BCUT2D eigenvalue weighted by Crippen LogP contribution is -2.38. The van der Waals surface area contributed by atoms with Gasteiger partial charge in [-0.2, -0.15) is 0 Å². The van der Waals surface area contributed by atoms with Gasteiger partial charge in [0.2, 0.25) is 11.8 Å². The van der Waals surface area contributed by atoms with Gasteiger partial charge in [-0.3, -0.25) is 14.4 Å². The number of unbranched alkanes of at least 4 members (excludes halogenated alkanes) is 2. The summed E-state index contributed by atoms with van der Waals surface area (Å²) in [5.41, 5.74) is 0.956. The average molecular weight is 499 g/mol. The first-order chi connectivity index (χ1) is 15.3. The topological polar surface area (TPSA) is 91.4 Å². The van der Waals surface area contributed by atoms with Gasteiger partial charge in [-0.15, -0.1) is 11.3 Å². The SMILES string of the molecule is CCCCCNC(=O)Cc1csc(NC(=O)CN(CCC)C(=O)c2ccc(Cl)c(Cl)c2)n1. The standard InChI is InChI=1S/C22H28Cl2N4O3S/c1-3-5-6-9-25-19(29)12-16-14-32-22(26-16)27-20(30)13-28(10-4-2)21(31)15-7-8-17(23)18(24)11-15/h7-8,11,14H,3-6,9-10,12-13H2,1-2H3,(H,25,29)(H,26,27,30). The third-order valence-corrected chi connectivity index (χ3v) is 6.07. The number of carbonyl (C=O) groups is 3. The van der Waals surface area contributed by atoms with E-state index in [0.717, 1.165) is 19.3 Å². The number of anilines is 1. The van der Waals surface area contributed by atoms with Gasteiger partial charge in [0, 0.05) is 24.0 Å². The third-order valence-electron chi connectivity index (χ3n) is 4.52. The summed E-state index contributed by atoms with van der Waals surface area (Å²) in [5.74, 6) is -0.762. The first kappa shape index (κ1) is 26.1. The van der Waals surface area contributed by atoms with E-state index in [4.69, 9.17) is 23.2 Å². The second kappa shape index (κ2) is 13.4. The van der Waals surface area contributed by atoms with Crippen LogP contribution in [0.4, 0.5) is 5.13 Å². The first-order valence-corrected chi connectivity index (χ1v) is 12.2. The summed E-state index contributed by atoms with van der Waals surface area (Å²) in [5, 5.41) is 8.35. The van der Waals surface area contributed by atoms with E-state index in [0.29, 0.717) is 40.9 Å². The summed E-state index contributed by atoms with van der Waals surface area (Å²) >= 11 is 13.2. The number of carbonyl (C=O) groups excluding carboxylic acids is 3. The fourth-order valence-corrected chi connectivity index (χ4v) is 3.97. The monoisotopic (exact) mass is 498 g/mol. The van der Waals surface area contributed by atoms with Crippen LogP contribution < -0.4 is 10.6 Å². The molecule has 0 aliphatic carbocycles. The lowest BCUT2D eigenvalue weighted by molar-refractivity contribution is -0.120. The Labute approximate surface area is 202 Å². The number of amides is 3. The normalized spacial score (nSPS) is 10.6. The number of aromatic nitrogens is 1. The molecule has 7 nitrogen and oxygen atoms in total. The van der Waals surface area contributed by atoms with Crippen LogP contribution in [-0.2, 0) is 16.0 Å². The van der Waals surface area contributed by atoms with E-state index >= 15 is 0 Å². The van der Waals surface area contributed by atoms with Crippen LogP contribution in [0.3, 0.4) is 0 Å².